The zero-order valence-electron chi connectivity index (χ0n) is 10.8. The Morgan fingerprint density at radius 3 is 2.39 bits per heavy atom. The van der Waals surface area contributed by atoms with Gasteiger partial charge in [-0.05, 0) is 37.1 Å². The molecule has 94 valence electrons. The van der Waals surface area contributed by atoms with Crippen LogP contribution >= 0.6 is 0 Å². The Morgan fingerprint density at radius 1 is 0.889 bits per heavy atom. The van der Waals surface area contributed by atoms with Crippen LogP contribution in [-0.4, -0.2) is 6.61 Å². The summed E-state index contributed by atoms with van der Waals surface area (Å²) in [5.74, 6) is 1.61. The van der Waals surface area contributed by atoms with Crippen LogP contribution in [0.3, 0.4) is 0 Å². The first kappa shape index (κ1) is 12.5. The molecule has 0 radical (unpaired) electrons. The lowest BCUT2D eigenvalue weighted by Crippen LogP contribution is -1.99. The number of rotatable bonds is 5. The Kier molecular flexibility index (Phi) is 4.24. The molecule has 2 rings (SSSR count). The number of hydrogen-bond donors (Lipinski definition) is 0. The van der Waals surface area contributed by atoms with Crippen LogP contribution in [0.25, 0.3) is 0 Å². The van der Waals surface area contributed by atoms with E-state index in [4.69, 9.17) is 9.47 Å². The van der Waals surface area contributed by atoms with E-state index in [9.17, 15) is 0 Å². The Bertz CT molecular complexity index is 492. The monoisotopic (exact) mass is 242 g/mol. The molecule has 0 aliphatic carbocycles. The van der Waals surface area contributed by atoms with Crippen molar-refractivity contribution in [2.45, 2.75) is 20.5 Å². The summed E-state index contributed by atoms with van der Waals surface area (Å²) >= 11 is 0. The van der Waals surface area contributed by atoms with Crippen molar-refractivity contribution in [1.82, 2.24) is 0 Å². The van der Waals surface area contributed by atoms with Gasteiger partial charge in [0.05, 0.1) is 6.61 Å². The summed E-state index contributed by atoms with van der Waals surface area (Å²) in [7, 11) is 0. The third-order valence-corrected chi connectivity index (χ3v) is 2.64. The molecule has 2 nitrogen and oxygen atoms in total. The van der Waals surface area contributed by atoms with Crippen molar-refractivity contribution in [2.75, 3.05) is 6.61 Å². The van der Waals surface area contributed by atoms with Crippen LogP contribution < -0.4 is 9.47 Å². The minimum absolute atomic E-state index is 0.560. The lowest BCUT2D eigenvalue weighted by atomic mass is 10.2. The predicted molar refractivity (Wildman–Crippen MR) is 73.1 cm³/mol. The Labute approximate surface area is 108 Å². The molecule has 2 aromatic carbocycles. The summed E-state index contributed by atoms with van der Waals surface area (Å²) in [5, 5.41) is 0. The van der Waals surface area contributed by atoms with Crippen molar-refractivity contribution in [3.8, 4) is 11.5 Å². The highest BCUT2D eigenvalue weighted by atomic mass is 16.5. The number of benzene rings is 2. The average Bonchev–Trinajstić information content (AvgIpc) is 2.40. The second-order valence-electron chi connectivity index (χ2n) is 4.16. The molecule has 0 aliphatic heterocycles. The number of ether oxygens (including phenoxy) is 2. The third kappa shape index (κ3) is 3.27. The minimum Gasteiger partial charge on any atom is -0.490 e. The molecule has 0 aromatic heterocycles. The van der Waals surface area contributed by atoms with Gasteiger partial charge in [0.2, 0.25) is 0 Å². The third-order valence-electron chi connectivity index (χ3n) is 2.64. The van der Waals surface area contributed by atoms with Crippen LogP contribution in [0.1, 0.15) is 18.1 Å². The second kappa shape index (κ2) is 6.10. The zero-order valence-corrected chi connectivity index (χ0v) is 10.8. The molecular weight excluding hydrogens is 224 g/mol. The van der Waals surface area contributed by atoms with Crippen LogP contribution in [0, 0.1) is 6.92 Å². The van der Waals surface area contributed by atoms with Crippen LogP contribution in [0.15, 0.2) is 48.5 Å². The summed E-state index contributed by atoms with van der Waals surface area (Å²) in [6.45, 7) is 5.22. The van der Waals surface area contributed by atoms with Gasteiger partial charge in [0.15, 0.2) is 11.5 Å². The summed E-state index contributed by atoms with van der Waals surface area (Å²) in [6.07, 6.45) is 0. The van der Waals surface area contributed by atoms with Crippen LogP contribution in [0.2, 0.25) is 0 Å². The van der Waals surface area contributed by atoms with E-state index in [1.54, 1.807) is 0 Å². The maximum Gasteiger partial charge on any atom is 0.161 e. The molecule has 0 N–H and O–H groups in total. The van der Waals surface area contributed by atoms with Gasteiger partial charge in [-0.1, -0.05) is 36.4 Å². The average molecular weight is 242 g/mol. The SMILES string of the molecule is CCOc1ccc(C)cc1OCc1ccccc1. The van der Waals surface area contributed by atoms with E-state index in [0.717, 1.165) is 17.1 Å². The highest BCUT2D eigenvalue weighted by molar-refractivity contribution is 5.42. The van der Waals surface area contributed by atoms with E-state index < -0.39 is 0 Å². The van der Waals surface area contributed by atoms with Crippen molar-refractivity contribution < 1.29 is 9.47 Å². The predicted octanol–water partition coefficient (Wildman–Crippen LogP) is 3.97. The summed E-state index contributed by atoms with van der Waals surface area (Å²) in [5.41, 5.74) is 2.32. The molecule has 0 fully saturated rings. The Morgan fingerprint density at radius 2 is 1.67 bits per heavy atom. The molecule has 0 amide bonds. The van der Waals surface area contributed by atoms with Crippen molar-refractivity contribution in [3.63, 3.8) is 0 Å². The highest BCUT2D eigenvalue weighted by Gasteiger charge is 2.05. The van der Waals surface area contributed by atoms with Crippen molar-refractivity contribution in [2.24, 2.45) is 0 Å². The lowest BCUT2D eigenvalue weighted by molar-refractivity contribution is 0.269. The molecule has 2 heteroatoms. The zero-order chi connectivity index (χ0) is 12.8. The summed E-state index contributed by atoms with van der Waals surface area (Å²) < 4.78 is 11.4. The van der Waals surface area contributed by atoms with E-state index in [1.165, 1.54) is 5.56 Å². The maximum atomic E-state index is 5.83. The van der Waals surface area contributed by atoms with E-state index in [2.05, 4.69) is 12.1 Å². The quantitative estimate of drug-likeness (QED) is 0.789. The number of hydrogen-bond acceptors (Lipinski definition) is 2. The van der Waals surface area contributed by atoms with Gasteiger partial charge in [-0.25, -0.2) is 0 Å². The first-order valence-electron chi connectivity index (χ1n) is 6.19. The van der Waals surface area contributed by atoms with Gasteiger partial charge >= 0.3 is 0 Å². The second-order valence-corrected chi connectivity index (χ2v) is 4.16. The van der Waals surface area contributed by atoms with Crippen molar-refractivity contribution >= 4 is 0 Å². The molecule has 0 spiro atoms. The first-order valence-corrected chi connectivity index (χ1v) is 6.19. The fourth-order valence-electron chi connectivity index (χ4n) is 1.74. The topological polar surface area (TPSA) is 18.5 Å². The summed E-state index contributed by atoms with van der Waals surface area (Å²) in [6, 6.07) is 16.1. The van der Waals surface area contributed by atoms with Crippen molar-refractivity contribution in [3.05, 3.63) is 59.7 Å². The van der Waals surface area contributed by atoms with Gasteiger partial charge < -0.3 is 9.47 Å². The van der Waals surface area contributed by atoms with Gasteiger partial charge in [-0.3, -0.25) is 0 Å². The molecule has 0 aliphatic rings. The Hall–Kier alpha value is -1.96. The molecule has 18 heavy (non-hydrogen) atoms. The maximum absolute atomic E-state index is 5.83. The van der Waals surface area contributed by atoms with E-state index in [1.807, 2.05) is 50.2 Å². The molecule has 0 heterocycles. The van der Waals surface area contributed by atoms with Crippen molar-refractivity contribution in [1.29, 1.82) is 0 Å². The van der Waals surface area contributed by atoms with E-state index in [0.29, 0.717) is 13.2 Å². The van der Waals surface area contributed by atoms with Crippen LogP contribution in [0.4, 0.5) is 0 Å². The van der Waals surface area contributed by atoms with Gasteiger partial charge in [0.25, 0.3) is 0 Å². The highest BCUT2D eigenvalue weighted by Crippen LogP contribution is 2.28. The number of aryl methyl sites for hydroxylation is 1. The van der Waals surface area contributed by atoms with Gasteiger partial charge in [-0.15, -0.1) is 0 Å². The smallest absolute Gasteiger partial charge is 0.161 e. The largest absolute Gasteiger partial charge is 0.490 e. The lowest BCUT2D eigenvalue weighted by Gasteiger charge is -2.12. The normalized spacial score (nSPS) is 10.1. The fourth-order valence-corrected chi connectivity index (χ4v) is 1.74. The molecule has 0 atom stereocenters. The molecule has 0 bridgehead atoms. The fraction of sp³-hybridized carbons (Fsp3) is 0.250. The molecular formula is C16H18O2. The van der Waals surface area contributed by atoms with Gasteiger partial charge in [-0.2, -0.15) is 0 Å². The van der Waals surface area contributed by atoms with Gasteiger partial charge in [0, 0.05) is 0 Å². The molecule has 2 aromatic rings. The molecule has 0 unspecified atom stereocenters. The minimum atomic E-state index is 0.560. The van der Waals surface area contributed by atoms with E-state index >= 15 is 0 Å². The summed E-state index contributed by atoms with van der Waals surface area (Å²) in [4.78, 5) is 0. The van der Waals surface area contributed by atoms with Gasteiger partial charge in [0.1, 0.15) is 6.61 Å². The molecule has 0 saturated heterocycles. The Balaban J connectivity index is 2.10. The van der Waals surface area contributed by atoms with Crippen LogP contribution in [-0.2, 0) is 6.61 Å². The molecule has 0 saturated carbocycles. The van der Waals surface area contributed by atoms with E-state index in [-0.39, 0.29) is 0 Å². The first-order chi connectivity index (χ1) is 8.79. The standard InChI is InChI=1S/C16H18O2/c1-3-17-15-10-9-13(2)11-16(15)18-12-14-7-5-4-6-8-14/h4-11H,3,12H2,1-2H3. The van der Waals surface area contributed by atoms with Crippen LogP contribution in [0.5, 0.6) is 11.5 Å².